The molecule has 1 aliphatic heterocycles. The fraction of sp³-hybridized carbons (Fsp3) is 0.900. The average molecular weight is 216 g/mol. The van der Waals surface area contributed by atoms with Crippen LogP contribution in [0.4, 0.5) is 4.79 Å². The highest BCUT2D eigenvalue weighted by molar-refractivity contribution is 5.65. The third-order valence-electron chi connectivity index (χ3n) is 2.84. The van der Waals surface area contributed by atoms with Gasteiger partial charge in [0.15, 0.2) is 0 Å². The van der Waals surface area contributed by atoms with Gasteiger partial charge >= 0.3 is 6.09 Å². The molecule has 0 aromatic heterocycles. The van der Waals surface area contributed by atoms with Crippen molar-refractivity contribution < 1.29 is 15.0 Å². The van der Waals surface area contributed by atoms with Crippen molar-refractivity contribution in [2.75, 3.05) is 13.1 Å². The highest BCUT2D eigenvalue weighted by atomic mass is 16.4. The molecule has 0 aromatic carbocycles. The number of rotatable bonds is 2. The second-order valence-electron chi connectivity index (χ2n) is 5.28. The second-order valence-corrected chi connectivity index (χ2v) is 5.28. The van der Waals surface area contributed by atoms with Gasteiger partial charge in [-0.2, -0.15) is 0 Å². The van der Waals surface area contributed by atoms with Crippen LogP contribution in [0.25, 0.3) is 0 Å². The van der Waals surface area contributed by atoms with Gasteiger partial charge < -0.3 is 20.8 Å². The molecule has 2 atom stereocenters. The topological polar surface area (TPSA) is 81.6 Å². The maximum atomic E-state index is 10.7. The lowest BCUT2D eigenvalue weighted by atomic mass is 9.75. The molecule has 0 radical (unpaired) electrons. The summed E-state index contributed by atoms with van der Waals surface area (Å²) in [7, 11) is 0. The molecule has 0 spiro atoms. The Balaban J connectivity index is 2.84. The molecule has 0 aromatic rings. The number of nitrogens with one attached hydrogen (secondary N) is 2. The normalized spacial score (nSPS) is 28.8. The zero-order valence-corrected chi connectivity index (χ0v) is 9.50. The predicted octanol–water partition coefficient (Wildman–Crippen LogP) is 0.393. The van der Waals surface area contributed by atoms with Crippen LogP contribution in [0.15, 0.2) is 0 Å². The monoisotopic (exact) mass is 216 g/mol. The summed E-state index contributed by atoms with van der Waals surface area (Å²) in [6.07, 6.45) is -0.509. The quantitative estimate of drug-likeness (QED) is 0.538. The van der Waals surface area contributed by atoms with Crippen molar-refractivity contribution in [2.45, 2.75) is 38.8 Å². The number of hydrogen-bond donors (Lipinski definition) is 4. The van der Waals surface area contributed by atoms with Crippen LogP contribution in [0, 0.1) is 5.41 Å². The molecular weight excluding hydrogens is 196 g/mol. The Hall–Kier alpha value is -0.810. The first-order valence-electron chi connectivity index (χ1n) is 5.18. The van der Waals surface area contributed by atoms with Crippen molar-refractivity contribution in [2.24, 2.45) is 5.41 Å². The van der Waals surface area contributed by atoms with Gasteiger partial charge in [-0.1, -0.05) is 20.8 Å². The maximum absolute atomic E-state index is 10.7. The third-order valence-corrected chi connectivity index (χ3v) is 2.84. The Morgan fingerprint density at radius 2 is 2.13 bits per heavy atom. The van der Waals surface area contributed by atoms with E-state index in [0.29, 0.717) is 13.0 Å². The molecule has 1 amide bonds. The molecule has 1 heterocycles. The van der Waals surface area contributed by atoms with Crippen LogP contribution >= 0.6 is 0 Å². The minimum Gasteiger partial charge on any atom is -0.465 e. The molecule has 15 heavy (non-hydrogen) atoms. The first-order chi connectivity index (χ1) is 6.76. The van der Waals surface area contributed by atoms with Gasteiger partial charge in [0, 0.05) is 6.54 Å². The number of carboxylic acid groups (broad SMARTS) is 1. The Morgan fingerprint density at radius 1 is 1.53 bits per heavy atom. The minimum absolute atomic E-state index is 0.306. The second kappa shape index (κ2) is 3.98. The minimum atomic E-state index is -1.09. The van der Waals surface area contributed by atoms with Crippen LogP contribution in [0.2, 0.25) is 0 Å². The lowest BCUT2D eigenvalue weighted by Gasteiger charge is -2.40. The SMILES string of the molecule is CC(C)(C)C(NC(=O)O)C1(O)CCNC1. The molecule has 4 N–H and O–H groups in total. The summed E-state index contributed by atoms with van der Waals surface area (Å²) in [6.45, 7) is 6.93. The van der Waals surface area contributed by atoms with Crippen LogP contribution in [-0.4, -0.2) is 41.0 Å². The molecule has 1 rings (SSSR count). The summed E-state index contributed by atoms with van der Waals surface area (Å²) < 4.78 is 0. The van der Waals surface area contributed by atoms with E-state index in [1.807, 2.05) is 20.8 Å². The van der Waals surface area contributed by atoms with Crippen LogP contribution in [-0.2, 0) is 0 Å². The fourth-order valence-electron chi connectivity index (χ4n) is 2.22. The van der Waals surface area contributed by atoms with Gasteiger partial charge in [-0.3, -0.25) is 0 Å². The standard InChI is InChI=1S/C10H20N2O3/c1-9(2,3)7(12-8(13)14)10(15)4-5-11-6-10/h7,11-12,15H,4-6H2,1-3H3,(H,13,14). The summed E-state index contributed by atoms with van der Waals surface area (Å²) in [4.78, 5) is 10.7. The Morgan fingerprint density at radius 3 is 2.47 bits per heavy atom. The summed E-state index contributed by atoms with van der Waals surface area (Å²) in [5.41, 5.74) is -1.28. The van der Waals surface area contributed by atoms with Gasteiger partial charge in [0.05, 0.1) is 11.6 Å². The molecule has 5 heteroatoms. The van der Waals surface area contributed by atoms with Gasteiger partial charge in [0.25, 0.3) is 0 Å². The molecule has 0 saturated carbocycles. The van der Waals surface area contributed by atoms with Gasteiger partial charge in [-0.15, -0.1) is 0 Å². The average Bonchev–Trinajstić information content (AvgIpc) is 2.46. The van der Waals surface area contributed by atoms with Crippen LogP contribution in [0.1, 0.15) is 27.2 Å². The first-order valence-corrected chi connectivity index (χ1v) is 5.18. The van der Waals surface area contributed by atoms with Crippen molar-refractivity contribution >= 4 is 6.09 Å². The van der Waals surface area contributed by atoms with E-state index in [2.05, 4.69) is 10.6 Å². The molecule has 1 saturated heterocycles. The lowest BCUT2D eigenvalue weighted by molar-refractivity contribution is -0.0174. The molecule has 2 unspecified atom stereocenters. The van der Waals surface area contributed by atoms with E-state index >= 15 is 0 Å². The van der Waals surface area contributed by atoms with Crippen LogP contribution in [0.5, 0.6) is 0 Å². The summed E-state index contributed by atoms with van der Waals surface area (Å²) in [6, 6.07) is -0.461. The van der Waals surface area contributed by atoms with Crippen molar-refractivity contribution in [1.82, 2.24) is 10.6 Å². The predicted molar refractivity (Wildman–Crippen MR) is 56.8 cm³/mol. The molecule has 88 valence electrons. The number of amides is 1. The summed E-state index contributed by atoms with van der Waals surface area (Å²) in [5.74, 6) is 0. The van der Waals surface area contributed by atoms with Gasteiger partial charge in [-0.05, 0) is 18.4 Å². The fourth-order valence-corrected chi connectivity index (χ4v) is 2.22. The van der Waals surface area contributed by atoms with E-state index in [1.54, 1.807) is 0 Å². The smallest absolute Gasteiger partial charge is 0.404 e. The van der Waals surface area contributed by atoms with Gasteiger partial charge in [-0.25, -0.2) is 4.79 Å². The van der Waals surface area contributed by atoms with Crippen molar-refractivity contribution in [1.29, 1.82) is 0 Å². The Bertz CT molecular complexity index is 242. The van der Waals surface area contributed by atoms with Gasteiger partial charge in [0.2, 0.25) is 0 Å². The van der Waals surface area contributed by atoms with E-state index in [9.17, 15) is 9.90 Å². The molecule has 1 aliphatic rings. The maximum Gasteiger partial charge on any atom is 0.404 e. The number of carbonyl (C=O) groups is 1. The zero-order chi connectivity index (χ0) is 11.7. The van der Waals surface area contributed by atoms with E-state index < -0.39 is 17.7 Å². The van der Waals surface area contributed by atoms with Gasteiger partial charge in [0.1, 0.15) is 0 Å². The number of aliphatic hydroxyl groups is 1. The Labute approximate surface area is 89.9 Å². The van der Waals surface area contributed by atoms with Crippen molar-refractivity contribution in [3.05, 3.63) is 0 Å². The van der Waals surface area contributed by atoms with Crippen LogP contribution < -0.4 is 10.6 Å². The largest absolute Gasteiger partial charge is 0.465 e. The lowest BCUT2D eigenvalue weighted by Crippen LogP contribution is -2.59. The zero-order valence-electron chi connectivity index (χ0n) is 9.50. The van der Waals surface area contributed by atoms with Crippen molar-refractivity contribution in [3.63, 3.8) is 0 Å². The van der Waals surface area contributed by atoms with E-state index in [-0.39, 0.29) is 5.41 Å². The molecule has 0 aliphatic carbocycles. The molecular formula is C10H20N2O3. The van der Waals surface area contributed by atoms with E-state index in [0.717, 1.165) is 6.54 Å². The highest BCUT2D eigenvalue weighted by Gasteiger charge is 2.46. The van der Waals surface area contributed by atoms with E-state index in [4.69, 9.17) is 5.11 Å². The van der Waals surface area contributed by atoms with Crippen molar-refractivity contribution in [3.8, 4) is 0 Å². The van der Waals surface area contributed by atoms with E-state index in [1.165, 1.54) is 0 Å². The number of hydrogen-bond acceptors (Lipinski definition) is 3. The molecule has 0 bridgehead atoms. The third kappa shape index (κ3) is 2.82. The first kappa shape index (κ1) is 12.3. The number of β-amino-alcohol motifs (C(OH)–C–C–N with tert-alkyl or cyclic N) is 1. The van der Waals surface area contributed by atoms with Crippen LogP contribution in [0.3, 0.4) is 0 Å². The molecule has 5 nitrogen and oxygen atoms in total. The molecule has 1 fully saturated rings. The summed E-state index contributed by atoms with van der Waals surface area (Å²) in [5, 5.41) is 24.6. The summed E-state index contributed by atoms with van der Waals surface area (Å²) >= 11 is 0. The highest BCUT2D eigenvalue weighted by Crippen LogP contribution is 2.31. The Kier molecular flexibility index (Phi) is 3.25.